The molecule has 1 heterocycles. The average Bonchev–Trinajstić information content (AvgIpc) is 2.68. The lowest BCUT2D eigenvalue weighted by atomic mass is 10.0. The molecule has 2 nitrogen and oxygen atoms in total. The lowest BCUT2D eigenvalue weighted by Crippen LogP contribution is -2.39. The predicted octanol–water partition coefficient (Wildman–Crippen LogP) is 4.09. The van der Waals surface area contributed by atoms with Crippen molar-refractivity contribution in [3.63, 3.8) is 0 Å². The van der Waals surface area contributed by atoms with Gasteiger partial charge in [-0.2, -0.15) is 0 Å². The van der Waals surface area contributed by atoms with Gasteiger partial charge in [-0.05, 0) is 56.8 Å². The molecule has 1 aromatic carbocycles. The third-order valence-corrected chi connectivity index (χ3v) is 4.13. The van der Waals surface area contributed by atoms with Gasteiger partial charge in [0.2, 0.25) is 0 Å². The van der Waals surface area contributed by atoms with E-state index in [1.807, 2.05) is 18.7 Å². The lowest BCUT2D eigenvalue weighted by Gasteiger charge is -2.34. The molecule has 0 aliphatic carbocycles. The molecule has 118 valence electrons. The summed E-state index contributed by atoms with van der Waals surface area (Å²) in [6.07, 6.45) is 1.94. The highest BCUT2D eigenvalue weighted by atomic mass is 19.1. The molecule has 1 aliphatic heterocycles. The second-order valence-electron chi connectivity index (χ2n) is 7.00. The van der Waals surface area contributed by atoms with Crippen molar-refractivity contribution < 1.29 is 8.78 Å². The first kappa shape index (κ1) is 16.2. The number of hydrogen-bond acceptors (Lipinski definition) is 2. The minimum Gasteiger partial charge on any atom is -0.362 e. The van der Waals surface area contributed by atoms with Gasteiger partial charge in [-0.25, -0.2) is 8.78 Å². The summed E-state index contributed by atoms with van der Waals surface area (Å²) in [6, 6.07) is 2.92. The summed E-state index contributed by atoms with van der Waals surface area (Å²) in [6.45, 7) is 10.3. The normalized spacial score (nSPS) is 17.8. The van der Waals surface area contributed by atoms with Crippen molar-refractivity contribution in [2.45, 2.75) is 52.6 Å². The van der Waals surface area contributed by atoms with Crippen LogP contribution in [0, 0.1) is 17.6 Å². The summed E-state index contributed by atoms with van der Waals surface area (Å²) >= 11 is 0. The van der Waals surface area contributed by atoms with Crippen LogP contribution < -0.4 is 10.2 Å². The molecule has 0 atom stereocenters. The zero-order valence-electron chi connectivity index (χ0n) is 13.5. The molecule has 0 unspecified atom stereocenters. The van der Waals surface area contributed by atoms with Crippen molar-refractivity contribution in [3.05, 3.63) is 29.3 Å². The summed E-state index contributed by atoms with van der Waals surface area (Å²) in [4.78, 5) is 1.86. The van der Waals surface area contributed by atoms with Crippen LogP contribution >= 0.6 is 0 Å². The maximum absolute atomic E-state index is 14.4. The van der Waals surface area contributed by atoms with Crippen molar-refractivity contribution >= 4 is 5.69 Å². The molecule has 0 spiro atoms. The lowest BCUT2D eigenvalue weighted by molar-refractivity contribution is 0.489. The standard InChI is InChI=1S/C17H26F2N2/c1-12(2)10-20-11-13-8-14(18)16(15(19)9-13)21-7-5-6-17(21,3)4/h8-9,12,20H,5-7,10-11H2,1-4H3. The summed E-state index contributed by atoms with van der Waals surface area (Å²) in [5.74, 6) is -0.387. The molecule has 0 aromatic heterocycles. The van der Waals surface area contributed by atoms with Gasteiger partial charge in [0.1, 0.15) is 17.3 Å². The monoisotopic (exact) mass is 296 g/mol. The van der Waals surface area contributed by atoms with Crippen LogP contribution in [-0.2, 0) is 6.54 Å². The van der Waals surface area contributed by atoms with Crippen LogP contribution in [0.2, 0.25) is 0 Å². The largest absolute Gasteiger partial charge is 0.362 e. The van der Waals surface area contributed by atoms with Gasteiger partial charge < -0.3 is 10.2 Å². The van der Waals surface area contributed by atoms with E-state index in [0.717, 1.165) is 19.4 Å². The predicted molar refractivity (Wildman–Crippen MR) is 83.6 cm³/mol. The Hall–Kier alpha value is -1.16. The first-order valence-corrected chi connectivity index (χ1v) is 7.77. The highest BCUT2D eigenvalue weighted by molar-refractivity contribution is 5.53. The van der Waals surface area contributed by atoms with Crippen LogP contribution in [0.25, 0.3) is 0 Å². The smallest absolute Gasteiger partial charge is 0.149 e. The fraction of sp³-hybridized carbons (Fsp3) is 0.647. The van der Waals surface area contributed by atoms with Gasteiger partial charge in [0, 0.05) is 18.6 Å². The van der Waals surface area contributed by atoms with Crippen molar-refractivity contribution in [2.24, 2.45) is 5.92 Å². The van der Waals surface area contributed by atoms with Gasteiger partial charge in [0.05, 0.1) is 0 Å². The van der Waals surface area contributed by atoms with E-state index in [4.69, 9.17) is 0 Å². The van der Waals surface area contributed by atoms with Gasteiger partial charge >= 0.3 is 0 Å². The van der Waals surface area contributed by atoms with Gasteiger partial charge in [0.25, 0.3) is 0 Å². The van der Waals surface area contributed by atoms with Crippen LogP contribution in [0.4, 0.5) is 14.5 Å². The number of nitrogens with zero attached hydrogens (tertiary/aromatic N) is 1. The molecule has 0 radical (unpaired) electrons. The van der Waals surface area contributed by atoms with Crippen LogP contribution in [0.5, 0.6) is 0 Å². The Morgan fingerprint density at radius 3 is 2.33 bits per heavy atom. The van der Waals surface area contributed by atoms with Crippen LogP contribution in [0.3, 0.4) is 0 Å². The number of nitrogens with one attached hydrogen (secondary N) is 1. The maximum atomic E-state index is 14.4. The summed E-state index contributed by atoms with van der Waals surface area (Å²) in [7, 11) is 0. The second kappa shape index (κ2) is 6.30. The van der Waals surface area contributed by atoms with Crippen LogP contribution in [0.1, 0.15) is 46.1 Å². The molecule has 0 saturated carbocycles. The molecular formula is C17H26F2N2. The zero-order valence-corrected chi connectivity index (χ0v) is 13.5. The Morgan fingerprint density at radius 1 is 1.24 bits per heavy atom. The number of anilines is 1. The molecule has 1 N–H and O–H groups in total. The Kier molecular flexibility index (Phi) is 4.87. The third-order valence-electron chi connectivity index (χ3n) is 4.13. The molecule has 1 saturated heterocycles. The summed E-state index contributed by atoms with van der Waals surface area (Å²) < 4.78 is 28.8. The zero-order chi connectivity index (χ0) is 15.6. The van der Waals surface area contributed by atoms with Crippen molar-refractivity contribution in [2.75, 3.05) is 18.0 Å². The quantitative estimate of drug-likeness (QED) is 0.880. The molecule has 0 amide bonds. The van der Waals surface area contributed by atoms with Gasteiger partial charge in [-0.3, -0.25) is 0 Å². The molecule has 21 heavy (non-hydrogen) atoms. The Labute approximate surface area is 126 Å². The van der Waals surface area contributed by atoms with E-state index in [0.29, 0.717) is 24.6 Å². The average molecular weight is 296 g/mol. The van der Waals surface area contributed by atoms with E-state index in [1.165, 1.54) is 12.1 Å². The first-order valence-electron chi connectivity index (χ1n) is 7.77. The van der Waals surface area contributed by atoms with Gasteiger partial charge in [-0.1, -0.05) is 13.8 Å². The Morgan fingerprint density at radius 2 is 1.86 bits per heavy atom. The number of hydrogen-bond donors (Lipinski definition) is 1. The minimum atomic E-state index is -0.452. The summed E-state index contributed by atoms with van der Waals surface area (Å²) in [5, 5.41) is 3.21. The molecule has 1 aliphatic rings. The third kappa shape index (κ3) is 3.73. The molecule has 4 heteroatoms. The fourth-order valence-electron chi connectivity index (χ4n) is 3.00. The van der Waals surface area contributed by atoms with Crippen LogP contribution in [-0.4, -0.2) is 18.6 Å². The SMILES string of the molecule is CC(C)CNCc1cc(F)c(N2CCCC2(C)C)c(F)c1. The topological polar surface area (TPSA) is 15.3 Å². The summed E-state index contributed by atoms with van der Waals surface area (Å²) in [5.41, 5.74) is 0.607. The van der Waals surface area contributed by atoms with Crippen molar-refractivity contribution in [3.8, 4) is 0 Å². The Bertz CT molecular complexity index is 475. The number of benzene rings is 1. The van der Waals surface area contributed by atoms with E-state index in [9.17, 15) is 8.78 Å². The van der Waals surface area contributed by atoms with E-state index in [2.05, 4.69) is 19.2 Å². The number of halogens is 2. The first-order chi connectivity index (χ1) is 9.81. The highest BCUT2D eigenvalue weighted by Crippen LogP contribution is 2.37. The maximum Gasteiger partial charge on any atom is 0.149 e. The van der Waals surface area contributed by atoms with Crippen molar-refractivity contribution in [1.29, 1.82) is 0 Å². The Balaban J connectivity index is 2.18. The van der Waals surface area contributed by atoms with Crippen LogP contribution in [0.15, 0.2) is 12.1 Å². The van der Waals surface area contributed by atoms with Crippen molar-refractivity contribution in [1.82, 2.24) is 5.32 Å². The van der Waals surface area contributed by atoms with E-state index in [1.54, 1.807) is 0 Å². The molecule has 1 aromatic rings. The second-order valence-corrected chi connectivity index (χ2v) is 7.00. The minimum absolute atomic E-state index is 0.130. The van der Waals surface area contributed by atoms with Gasteiger partial charge in [0.15, 0.2) is 0 Å². The number of rotatable bonds is 5. The van der Waals surface area contributed by atoms with E-state index < -0.39 is 11.6 Å². The van der Waals surface area contributed by atoms with Gasteiger partial charge in [-0.15, -0.1) is 0 Å². The molecule has 2 rings (SSSR count). The molecule has 1 fully saturated rings. The van der Waals surface area contributed by atoms with E-state index >= 15 is 0 Å². The highest BCUT2D eigenvalue weighted by Gasteiger charge is 2.35. The fourth-order valence-corrected chi connectivity index (χ4v) is 3.00. The molecular weight excluding hydrogens is 270 g/mol. The molecule has 0 bridgehead atoms. The van der Waals surface area contributed by atoms with E-state index in [-0.39, 0.29) is 11.2 Å².